The summed E-state index contributed by atoms with van der Waals surface area (Å²) in [5.74, 6) is -0.816. The molecule has 0 atom stereocenters. The maximum absolute atomic E-state index is 13.1. The van der Waals surface area contributed by atoms with Crippen LogP contribution in [0, 0.1) is 5.82 Å². The fourth-order valence-corrected chi connectivity index (χ4v) is 3.86. The number of para-hydroxylation sites is 1. The van der Waals surface area contributed by atoms with E-state index in [0.717, 1.165) is 16.4 Å². The number of carbonyl (C=O) groups is 1. The van der Waals surface area contributed by atoms with E-state index in [1.807, 2.05) is 13.8 Å². The van der Waals surface area contributed by atoms with Crippen molar-refractivity contribution < 1.29 is 17.6 Å². The SMILES string of the molecule is CCN(CC)C(=O)CN(c1ccccc1)S(=O)(=O)c1ccc(F)cc1. The molecule has 2 rings (SSSR count). The highest BCUT2D eigenvalue weighted by Crippen LogP contribution is 2.23. The predicted octanol–water partition coefficient (Wildman–Crippen LogP) is 2.89. The van der Waals surface area contributed by atoms with E-state index >= 15 is 0 Å². The lowest BCUT2D eigenvalue weighted by Gasteiger charge is -2.27. The van der Waals surface area contributed by atoms with Crippen LogP contribution in [0.25, 0.3) is 0 Å². The Kier molecular flexibility index (Phi) is 6.14. The lowest BCUT2D eigenvalue weighted by Crippen LogP contribution is -2.43. The molecule has 0 radical (unpaired) electrons. The summed E-state index contributed by atoms with van der Waals surface area (Å²) in [6.45, 7) is 4.35. The molecule has 0 N–H and O–H groups in total. The highest BCUT2D eigenvalue weighted by molar-refractivity contribution is 7.92. The van der Waals surface area contributed by atoms with Gasteiger partial charge >= 0.3 is 0 Å². The van der Waals surface area contributed by atoms with Gasteiger partial charge in [0.15, 0.2) is 0 Å². The van der Waals surface area contributed by atoms with Gasteiger partial charge in [0.25, 0.3) is 10.0 Å². The Morgan fingerprint density at radius 1 is 0.960 bits per heavy atom. The molecule has 2 aromatic rings. The molecule has 0 fully saturated rings. The Morgan fingerprint density at radius 2 is 1.52 bits per heavy atom. The van der Waals surface area contributed by atoms with Gasteiger partial charge in [-0.2, -0.15) is 0 Å². The molecule has 7 heteroatoms. The molecule has 0 saturated carbocycles. The standard InChI is InChI=1S/C18H21FN2O3S/c1-3-20(4-2)18(22)14-21(16-8-6-5-7-9-16)25(23,24)17-12-10-15(19)11-13-17/h5-13H,3-4,14H2,1-2H3. The van der Waals surface area contributed by atoms with E-state index in [9.17, 15) is 17.6 Å². The van der Waals surface area contributed by atoms with Crippen molar-refractivity contribution in [2.45, 2.75) is 18.7 Å². The van der Waals surface area contributed by atoms with Gasteiger partial charge in [-0.1, -0.05) is 18.2 Å². The van der Waals surface area contributed by atoms with Gasteiger partial charge in [-0.25, -0.2) is 12.8 Å². The van der Waals surface area contributed by atoms with Gasteiger partial charge in [0.2, 0.25) is 5.91 Å². The Bertz CT molecular complexity index is 804. The average Bonchev–Trinajstić information content (AvgIpc) is 2.61. The predicted molar refractivity (Wildman–Crippen MR) is 95.3 cm³/mol. The Labute approximate surface area is 147 Å². The molecule has 0 spiro atoms. The summed E-state index contributed by atoms with van der Waals surface area (Å²) in [5.41, 5.74) is 0.382. The van der Waals surface area contributed by atoms with Crippen LogP contribution >= 0.6 is 0 Å². The third-order valence-corrected chi connectivity index (χ3v) is 5.63. The Balaban J connectivity index is 2.44. The van der Waals surface area contributed by atoms with Crippen molar-refractivity contribution in [1.29, 1.82) is 0 Å². The minimum Gasteiger partial charge on any atom is -0.342 e. The van der Waals surface area contributed by atoms with Crippen molar-refractivity contribution in [3.05, 3.63) is 60.4 Å². The first kappa shape index (κ1) is 18.9. The summed E-state index contributed by atoms with van der Waals surface area (Å²) in [6.07, 6.45) is 0. The summed E-state index contributed by atoms with van der Waals surface area (Å²) in [7, 11) is -4.00. The van der Waals surface area contributed by atoms with Crippen LogP contribution in [0.4, 0.5) is 10.1 Å². The van der Waals surface area contributed by atoms with Gasteiger partial charge in [-0.05, 0) is 50.2 Å². The van der Waals surface area contributed by atoms with Gasteiger partial charge in [0.1, 0.15) is 12.4 Å². The van der Waals surface area contributed by atoms with E-state index in [-0.39, 0.29) is 17.3 Å². The Hall–Kier alpha value is -2.41. The van der Waals surface area contributed by atoms with Gasteiger partial charge in [0.05, 0.1) is 10.6 Å². The highest BCUT2D eigenvalue weighted by Gasteiger charge is 2.28. The van der Waals surface area contributed by atoms with Crippen molar-refractivity contribution in [2.24, 2.45) is 0 Å². The number of nitrogens with zero attached hydrogens (tertiary/aromatic N) is 2. The van der Waals surface area contributed by atoms with Crippen LogP contribution in [0.3, 0.4) is 0 Å². The smallest absolute Gasteiger partial charge is 0.264 e. The summed E-state index contributed by atoms with van der Waals surface area (Å²) in [4.78, 5) is 14.0. The van der Waals surface area contributed by atoms with Crippen molar-refractivity contribution in [1.82, 2.24) is 4.90 Å². The molecule has 0 saturated heterocycles. The number of sulfonamides is 1. The maximum atomic E-state index is 13.1. The van der Waals surface area contributed by atoms with E-state index < -0.39 is 15.8 Å². The third kappa shape index (κ3) is 4.36. The topological polar surface area (TPSA) is 57.7 Å². The molecule has 0 heterocycles. The van der Waals surface area contributed by atoms with Crippen LogP contribution < -0.4 is 4.31 Å². The molecular formula is C18H21FN2O3S. The van der Waals surface area contributed by atoms with Crippen LogP contribution in [0.1, 0.15) is 13.8 Å². The number of benzene rings is 2. The summed E-state index contributed by atoms with van der Waals surface area (Å²) < 4.78 is 40.2. The van der Waals surface area contributed by atoms with Gasteiger partial charge in [0, 0.05) is 13.1 Å². The number of rotatable bonds is 7. The fraction of sp³-hybridized carbons (Fsp3) is 0.278. The molecule has 2 aromatic carbocycles. The number of anilines is 1. The van der Waals surface area contributed by atoms with Gasteiger partial charge in [-0.15, -0.1) is 0 Å². The number of carbonyl (C=O) groups excluding carboxylic acids is 1. The lowest BCUT2D eigenvalue weighted by atomic mass is 10.3. The second-order valence-corrected chi connectivity index (χ2v) is 7.23. The molecule has 134 valence electrons. The molecule has 0 aromatic heterocycles. The monoisotopic (exact) mass is 364 g/mol. The zero-order valence-corrected chi connectivity index (χ0v) is 15.0. The van der Waals surface area contributed by atoms with Crippen LogP contribution in [-0.4, -0.2) is 38.9 Å². The van der Waals surface area contributed by atoms with Gasteiger partial charge in [-0.3, -0.25) is 9.10 Å². The van der Waals surface area contributed by atoms with Crippen LogP contribution in [0.2, 0.25) is 0 Å². The number of halogens is 1. The van der Waals surface area contributed by atoms with Crippen molar-refractivity contribution in [2.75, 3.05) is 23.9 Å². The van der Waals surface area contributed by atoms with E-state index in [4.69, 9.17) is 0 Å². The zero-order valence-electron chi connectivity index (χ0n) is 14.2. The number of hydrogen-bond donors (Lipinski definition) is 0. The largest absolute Gasteiger partial charge is 0.342 e. The number of likely N-dealkylation sites (N-methyl/N-ethyl adjacent to an activating group) is 1. The van der Waals surface area contributed by atoms with Crippen LogP contribution in [0.5, 0.6) is 0 Å². The molecule has 0 aliphatic rings. The van der Waals surface area contributed by atoms with Crippen LogP contribution in [0.15, 0.2) is 59.5 Å². The second kappa shape index (κ2) is 8.11. The first-order chi connectivity index (χ1) is 11.9. The van der Waals surface area contributed by atoms with Gasteiger partial charge < -0.3 is 4.90 Å². The van der Waals surface area contributed by atoms with Crippen LogP contribution in [-0.2, 0) is 14.8 Å². The first-order valence-corrected chi connectivity index (χ1v) is 9.45. The number of hydrogen-bond acceptors (Lipinski definition) is 3. The maximum Gasteiger partial charge on any atom is 0.264 e. The highest BCUT2D eigenvalue weighted by atomic mass is 32.2. The van der Waals surface area contributed by atoms with Crippen molar-refractivity contribution >= 4 is 21.6 Å². The first-order valence-electron chi connectivity index (χ1n) is 8.01. The van der Waals surface area contributed by atoms with E-state index in [1.54, 1.807) is 35.2 Å². The van der Waals surface area contributed by atoms with E-state index in [1.165, 1.54) is 12.1 Å². The number of amides is 1. The average molecular weight is 364 g/mol. The molecule has 0 bridgehead atoms. The summed E-state index contributed by atoms with van der Waals surface area (Å²) in [6, 6.07) is 13.0. The van der Waals surface area contributed by atoms with E-state index in [0.29, 0.717) is 18.8 Å². The minimum atomic E-state index is -4.00. The molecule has 0 unspecified atom stereocenters. The van der Waals surface area contributed by atoms with E-state index in [2.05, 4.69) is 0 Å². The summed E-state index contributed by atoms with van der Waals surface area (Å²) in [5, 5.41) is 0. The lowest BCUT2D eigenvalue weighted by molar-refractivity contribution is -0.129. The molecular weight excluding hydrogens is 343 g/mol. The minimum absolute atomic E-state index is 0.0647. The molecule has 25 heavy (non-hydrogen) atoms. The molecule has 1 amide bonds. The summed E-state index contributed by atoms with van der Waals surface area (Å²) >= 11 is 0. The molecule has 0 aliphatic heterocycles. The molecule has 5 nitrogen and oxygen atoms in total. The second-order valence-electron chi connectivity index (χ2n) is 5.37. The normalized spacial score (nSPS) is 11.2. The van der Waals surface area contributed by atoms with Crippen molar-refractivity contribution in [3.63, 3.8) is 0 Å². The fourth-order valence-electron chi connectivity index (χ4n) is 2.44. The zero-order chi connectivity index (χ0) is 18.4. The Morgan fingerprint density at radius 3 is 2.04 bits per heavy atom. The van der Waals surface area contributed by atoms with Crippen molar-refractivity contribution in [3.8, 4) is 0 Å². The quantitative estimate of drug-likeness (QED) is 0.759. The third-order valence-electron chi connectivity index (χ3n) is 3.84. The molecule has 0 aliphatic carbocycles.